The summed E-state index contributed by atoms with van der Waals surface area (Å²) in [7, 11) is 0. The average Bonchev–Trinajstić information content (AvgIpc) is 2.67. The predicted molar refractivity (Wildman–Crippen MR) is 90.4 cm³/mol. The van der Waals surface area contributed by atoms with E-state index in [1.807, 2.05) is 0 Å². The van der Waals surface area contributed by atoms with Crippen LogP contribution in [0.4, 0.5) is 5.69 Å². The lowest BCUT2D eigenvalue weighted by molar-refractivity contribution is 0.595. The summed E-state index contributed by atoms with van der Waals surface area (Å²) in [6, 6.07) is 7.09. The first-order valence-electron chi connectivity index (χ1n) is 7.08. The number of rotatable bonds is 4. The summed E-state index contributed by atoms with van der Waals surface area (Å²) in [5.41, 5.74) is 2.81. The highest BCUT2D eigenvalue weighted by Gasteiger charge is 2.17. The van der Waals surface area contributed by atoms with Gasteiger partial charge in [-0.1, -0.05) is 28.9 Å². The molecule has 1 atom stereocenters. The molecule has 0 aliphatic carbocycles. The highest BCUT2D eigenvalue weighted by molar-refractivity contribution is 9.10. The third kappa shape index (κ3) is 4.14. The van der Waals surface area contributed by atoms with Crippen LogP contribution in [-0.4, -0.2) is 31.1 Å². The summed E-state index contributed by atoms with van der Waals surface area (Å²) in [6.45, 7) is 7.76. The van der Waals surface area contributed by atoms with Crippen LogP contribution in [0.1, 0.15) is 31.9 Å². The van der Waals surface area contributed by atoms with Crippen molar-refractivity contribution in [1.82, 2.24) is 5.32 Å². The molecule has 0 amide bonds. The predicted octanol–water partition coefficient (Wildman–Crippen LogP) is 4.06. The van der Waals surface area contributed by atoms with Gasteiger partial charge in [0, 0.05) is 35.0 Å². The van der Waals surface area contributed by atoms with Crippen molar-refractivity contribution in [3.05, 3.63) is 28.2 Å². The molecule has 1 aromatic carbocycles. The van der Waals surface area contributed by atoms with E-state index in [0.717, 1.165) is 13.1 Å². The fourth-order valence-electron chi connectivity index (χ4n) is 2.56. The van der Waals surface area contributed by atoms with Crippen LogP contribution < -0.4 is 10.2 Å². The fraction of sp³-hybridized carbons (Fsp3) is 0.600. The number of halogens is 1. The van der Waals surface area contributed by atoms with E-state index < -0.39 is 0 Å². The Morgan fingerprint density at radius 1 is 1.37 bits per heavy atom. The standard InChI is InChI=1S/C15H23BrN2S/c1-3-17-12(2)14-6-5-13(16)11-15(14)18-7-4-9-19-10-8-18/h5-6,11-12,17H,3-4,7-10H2,1-2H3. The van der Waals surface area contributed by atoms with Crippen molar-refractivity contribution in [1.29, 1.82) is 0 Å². The maximum Gasteiger partial charge on any atom is 0.0426 e. The summed E-state index contributed by atoms with van der Waals surface area (Å²) in [5.74, 6) is 2.53. The van der Waals surface area contributed by atoms with Gasteiger partial charge in [-0.3, -0.25) is 0 Å². The third-order valence-corrected chi connectivity index (χ3v) is 5.07. The number of nitrogens with zero attached hydrogens (tertiary/aromatic N) is 1. The molecule has 0 aromatic heterocycles. The van der Waals surface area contributed by atoms with Crippen molar-refractivity contribution >= 4 is 33.4 Å². The molecule has 1 aliphatic heterocycles. The Morgan fingerprint density at radius 3 is 3.00 bits per heavy atom. The number of nitrogens with one attached hydrogen (secondary N) is 1. The molecule has 19 heavy (non-hydrogen) atoms. The van der Waals surface area contributed by atoms with Gasteiger partial charge in [0.2, 0.25) is 0 Å². The maximum atomic E-state index is 3.62. The first kappa shape index (κ1) is 15.2. The van der Waals surface area contributed by atoms with E-state index in [4.69, 9.17) is 0 Å². The molecule has 1 fully saturated rings. The smallest absolute Gasteiger partial charge is 0.0426 e. The lowest BCUT2D eigenvalue weighted by atomic mass is 10.0. The van der Waals surface area contributed by atoms with E-state index in [0.29, 0.717) is 6.04 Å². The summed E-state index contributed by atoms with van der Waals surface area (Å²) in [5, 5.41) is 3.53. The molecule has 0 bridgehead atoms. The molecule has 0 radical (unpaired) electrons. The quantitative estimate of drug-likeness (QED) is 0.887. The Hall–Kier alpha value is -0.190. The van der Waals surface area contributed by atoms with Crippen LogP contribution in [0.15, 0.2) is 22.7 Å². The van der Waals surface area contributed by atoms with Gasteiger partial charge >= 0.3 is 0 Å². The molecule has 0 spiro atoms. The van der Waals surface area contributed by atoms with Crippen LogP contribution in [0.5, 0.6) is 0 Å². The van der Waals surface area contributed by atoms with Gasteiger partial charge in [0.05, 0.1) is 0 Å². The Balaban J connectivity index is 2.27. The highest BCUT2D eigenvalue weighted by atomic mass is 79.9. The molecule has 1 heterocycles. The molecular formula is C15H23BrN2S. The second-order valence-electron chi connectivity index (χ2n) is 4.94. The molecule has 0 saturated carbocycles. The first-order chi connectivity index (χ1) is 9.22. The second kappa shape index (κ2) is 7.55. The summed E-state index contributed by atoms with van der Waals surface area (Å²) < 4.78 is 1.17. The van der Waals surface area contributed by atoms with Crippen molar-refractivity contribution in [2.24, 2.45) is 0 Å². The minimum atomic E-state index is 0.406. The molecule has 2 rings (SSSR count). The zero-order valence-corrected chi connectivity index (χ0v) is 14.2. The Morgan fingerprint density at radius 2 is 2.21 bits per heavy atom. The molecule has 1 aliphatic rings. The van der Waals surface area contributed by atoms with E-state index in [-0.39, 0.29) is 0 Å². The first-order valence-corrected chi connectivity index (χ1v) is 9.02. The fourth-order valence-corrected chi connectivity index (χ4v) is 3.80. The monoisotopic (exact) mass is 342 g/mol. The molecule has 1 aromatic rings. The minimum Gasteiger partial charge on any atom is -0.370 e. The minimum absolute atomic E-state index is 0.406. The van der Waals surface area contributed by atoms with Crippen LogP contribution in [0.25, 0.3) is 0 Å². The lowest BCUT2D eigenvalue weighted by Gasteiger charge is -2.28. The number of anilines is 1. The van der Waals surface area contributed by atoms with Gasteiger partial charge in [-0.25, -0.2) is 0 Å². The van der Waals surface area contributed by atoms with Crippen LogP contribution in [0.2, 0.25) is 0 Å². The van der Waals surface area contributed by atoms with E-state index in [1.54, 1.807) is 0 Å². The van der Waals surface area contributed by atoms with Gasteiger partial charge in [0.25, 0.3) is 0 Å². The van der Waals surface area contributed by atoms with Crippen LogP contribution in [0.3, 0.4) is 0 Å². The van der Waals surface area contributed by atoms with E-state index in [2.05, 4.69) is 70.0 Å². The summed E-state index contributed by atoms with van der Waals surface area (Å²) in [4.78, 5) is 2.55. The molecule has 2 nitrogen and oxygen atoms in total. The number of benzene rings is 1. The van der Waals surface area contributed by atoms with Gasteiger partial charge in [-0.2, -0.15) is 11.8 Å². The molecular weight excluding hydrogens is 320 g/mol. The Labute approximate surface area is 129 Å². The second-order valence-corrected chi connectivity index (χ2v) is 7.08. The topological polar surface area (TPSA) is 15.3 Å². The maximum absolute atomic E-state index is 3.62. The average molecular weight is 343 g/mol. The van der Waals surface area contributed by atoms with Gasteiger partial charge in [0.1, 0.15) is 0 Å². The zero-order chi connectivity index (χ0) is 13.7. The molecule has 106 valence electrons. The third-order valence-electron chi connectivity index (χ3n) is 3.53. The largest absolute Gasteiger partial charge is 0.370 e. The van der Waals surface area contributed by atoms with Gasteiger partial charge in [-0.05, 0) is 43.3 Å². The van der Waals surface area contributed by atoms with Crippen LogP contribution in [-0.2, 0) is 0 Å². The zero-order valence-electron chi connectivity index (χ0n) is 11.8. The van der Waals surface area contributed by atoms with E-state index in [1.165, 1.54) is 40.2 Å². The van der Waals surface area contributed by atoms with E-state index >= 15 is 0 Å². The van der Waals surface area contributed by atoms with Gasteiger partial charge in [-0.15, -0.1) is 0 Å². The molecule has 1 N–H and O–H groups in total. The summed E-state index contributed by atoms with van der Waals surface area (Å²) in [6.07, 6.45) is 1.28. The number of hydrogen-bond acceptors (Lipinski definition) is 3. The van der Waals surface area contributed by atoms with Crippen molar-refractivity contribution < 1.29 is 0 Å². The van der Waals surface area contributed by atoms with Crippen molar-refractivity contribution in [3.63, 3.8) is 0 Å². The van der Waals surface area contributed by atoms with Crippen molar-refractivity contribution in [2.45, 2.75) is 26.3 Å². The molecule has 1 unspecified atom stereocenters. The number of hydrogen-bond donors (Lipinski definition) is 1. The lowest BCUT2D eigenvalue weighted by Crippen LogP contribution is -2.28. The van der Waals surface area contributed by atoms with E-state index in [9.17, 15) is 0 Å². The van der Waals surface area contributed by atoms with Crippen LogP contribution >= 0.6 is 27.7 Å². The SMILES string of the molecule is CCNC(C)c1ccc(Br)cc1N1CCCSCC1. The van der Waals surface area contributed by atoms with Crippen molar-refractivity contribution in [2.75, 3.05) is 36.0 Å². The van der Waals surface area contributed by atoms with Gasteiger partial charge < -0.3 is 10.2 Å². The number of thioether (sulfide) groups is 1. The van der Waals surface area contributed by atoms with Gasteiger partial charge in [0.15, 0.2) is 0 Å². The van der Waals surface area contributed by atoms with Crippen molar-refractivity contribution in [3.8, 4) is 0 Å². The summed E-state index contributed by atoms with van der Waals surface area (Å²) >= 11 is 5.69. The Bertz CT molecular complexity index is 403. The molecule has 4 heteroatoms. The molecule has 1 saturated heterocycles. The normalized spacial score (nSPS) is 18.2. The Kier molecular flexibility index (Phi) is 6.05. The highest BCUT2D eigenvalue weighted by Crippen LogP contribution is 2.31. The van der Waals surface area contributed by atoms with Crippen LogP contribution in [0, 0.1) is 0 Å².